The fraction of sp³-hybridized carbons (Fsp3) is 0.500. The fourth-order valence-corrected chi connectivity index (χ4v) is 3.29. The van der Waals surface area contributed by atoms with Crippen LogP contribution in [0.3, 0.4) is 0 Å². The second-order valence-electron chi connectivity index (χ2n) is 6.18. The van der Waals surface area contributed by atoms with E-state index in [-0.39, 0.29) is 29.1 Å². The molecule has 2 atom stereocenters. The van der Waals surface area contributed by atoms with Crippen LogP contribution in [0.25, 0.3) is 0 Å². The molecule has 0 radical (unpaired) electrons. The number of rotatable bonds is 5. The van der Waals surface area contributed by atoms with E-state index in [1.807, 2.05) is 0 Å². The van der Waals surface area contributed by atoms with Crippen LogP contribution in [0.4, 0.5) is 5.69 Å². The van der Waals surface area contributed by atoms with E-state index in [0.29, 0.717) is 19.0 Å². The smallest absolute Gasteiger partial charge is 0.283 e. The molecule has 136 valence electrons. The number of benzene rings is 1. The van der Waals surface area contributed by atoms with Gasteiger partial charge in [-0.2, -0.15) is 0 Å². The minimum Gasteiger partial charge on any atom is -0.343 e. The largest absolute Gasteiger partial charge is 0.343 e. The lowest BCUT2D eigenvalue weighted by molar-refractivity contribution is -0.385. The summed E-state index contributed by atoms with van der Waals surface area (Å²) in [5.41, 5.74) is 5.10. The molecule has 9 heteroatoms. The Balaban J connectivity index is 2.05. The summed E-state index contributed by atoms with van der Waals surface area (Å²) in [5, 5.41) is 13.4. The Morgan fingerprint density at radius 1 is 1.48 bits per heavy atom. The lowest BCUT2D eigenvalue weighted by atomic mass is 9.92. The Kier molecular flexibility index (Phi) is 6.33. The predicted octanol–water partition coefficient (Wildman–Crippen LogP) is 1.56. The van der Waals surface area contributed by atoms with Crippen molar-refractivity contribution in [1.29, 1.82) is 0 Å². The molecule has 0 aromatic heterocycles. The first-order valence-corrected chi connectivity index (χ1v) is 8.43. The zero-order valence-corrected chi connectivity index (χ0v) is 14.7. The highest BCUT2D eigenvalue weighted by Gasteiger charge is 2.30. The van der Waals surface area contributed by atoms with Crippen LogP contribution in [0, 0.1) is 16.0 Å². The molecule has 1 fully saturated rings. The molecule has 1 aliphatic rings. The molecule has 3 N–H and O–H groups in total. The normalized spacial score (nSPS) is 20.2. The van der Waals surface area contributed by atoms with Gasteiger partial charge in [-0.3, -0.25) is 19.7 Å². The van der Waals surface area contributed by atoms with Gasteiger partial charge in [-0.15, -0.1) is 0 Å². The molecule has 0 spiro atoms. The van der Waals surface area contributed by atoms with E-state index in [0.717, 1.165) is 12.8 Å². The molecule has 2 amide bonds. The number of carbonyl (C=O) groups is 2. The highest BCUT2D eigenvalue weighted by Crippen LogP contribution is 2.26. The SMILES string of the molecule is CC1CCN(C(=O)CNC(=O)c2c(Cl)cccc2[N+](=O)[O-])C(CN)C1. The Morgan fingerprint density at radius 2 is 2.20 bits per heavy atom. The maximum atomic E-state index is 12.4. The molecule has 0 aliphatic carbocycles. The van der Waals surface area contributed by atoms with E-state index in [1.54, 1.807) is 4.90 Å². The second-order valence-corrected chi connectivity index (χ2v) is 6.59. The Labute approximate surface area is 150 Å². The molecular formula is C16H21ClN4O4. The number of nitro benzene ring substituents is 1. The lowest BCUT2D eigenvalue weighted by Crippen LogP contribution is -2.52. The second kappa shape index (κ2) is 8.26. The van der Waals surface area contributed by atoms with Crippen molar-refractivity contribution in [2.75, 3.05) is 19.6 Å². The third-order valence-corrected chi connectivity index (χ3v) is 4.70. The minimum absolute atomic E-state index is 0.0363. The van der Waals surface area contributed by atoms with E-state index in [4.69, 9.17) is 17.3 Å². The summed E-state index contributed by atoms with van der Waals surface area (Å²) in [6, 6.07) is 3.92. The summed E-state index contributed by atoms with van der Waals surface area (Å²) in [7, 11) is 0. The van der Waals surface area contributed by atoms with Crippen LogP contribution < -0.4 is 11.1 Å². The lowest BCUT2D eigenvalue weighted by Gasteiger charge is -2.38. The van der Waals surface area contributed by atoms with Gasteiger partial charge < -0.3 is 16.0 Å². The number of hydrogen-bond acceptors (Lipinski definition) is 5. The summed E-state index contributed by atoms with van der Waals surface area (Å²) in [6.45, 7) is 2.80. The molecule has 1 aromatic rings. The van der Waals surface area contributed by atoms with Crippen molar-refractivity contribution in [1.82, 2.24) is 10.2 Å². The monoisotopic (exact) mass is 368 g/mol. The maximum absolute atomic E-state index is 12.4. The first-order chi connectivity index (χ1) is 11.8. The highest BCUT2D eigenvalue weighted by atomic mass is 35.5. The summed E-state index contributed by atoms with van der Waals surface area (Å²) < 4.78 is 0. The van der Waals surface area contributed by atoms with Gasteiger partial charge in [-0.25, -0.2) is 0 Å². The van der Waals surface area contributed by atoms with Gasteiger partial charge in [-0.05, 0) is 24.8 Å². The van der Waals surface area contributed by atoms with Gasteiger partial charge in [-0.1, -0.05) is 24.6 Å². The van der Waals surface area contributed by atoms with E-state index in [2.05, 4.69) is 12.2 Å². The molecule has 1 aromatic carbocycles. The number of nitrogens with two attached hydrogens (primary N) is 1. The van der Waals surface area contributed by atoms with Crippen molar-refractivity contribution < 1.29 is 14.5 Å². The first kappa shape index (κ1) is 19.1. The number of carbonyl (C=O) groups excluding carboxylic acids is 2. The molecule has 1 aliphatic heterocycles. The molecule has 2 unspecified atom stereocenters. The molecule has 2 rings (SSSR count). The average molecular weight is 369 g/mol. The average Bonchev–Trinajstić information content (AvgIpc) is 2.58. The Morgan fingerprint density at radius 3 is 2.84 bits per heavy atom. The zero-order valence-electron chi connectivity index (χ0n) is 13.9. The van der Waals surface area contributed by atoms with Crippen LogP contribution >= 0.6 is 11.6 Å². The molecule has 8 nitrogen and oxygen atoms in total. The van der Waals surface area contributed by atoms with Crippen LogP contribution in [0.5, 0.6) is 0 Å². The predicted molar refractivity (Wildman–Crippen MR) is 93.4 cm³/mol. The van der Waals surface area contributed by atoms with Crippen molar-refractivity contribution in [3.05, 3.63) is 38.9 Å². The van der Waals surface area contributed by atoms with E-state index >= 15 is 0 Å². The van der Waals surface area contributed by atoms with Gasteiger partial charge in [0.1, 0.15) is 5.56 Å². The molecule has 1 heterocycles. The number of halogens is 1. The fourth-order valence-electron chi connectivity index (χ4n) is 3.04. The van der Waals surface area contributed by atoms with E-state index in [1.165, 1.54) is 18.2 Å². The third kappa shape index (κ3) is 4.46. The molecule has 25 heavy (non-hydrogen) atoms. The minimum atomic E-state index is -0.750. The van der Waals surface area contributed by atoms with Crippen LogP contribution in [-0.2, 0) is 4.79 Å². The standard InChI is InChI=1S/C16H21ClN4O4/c1-10-5-6-20(11(7-10)8-18)14(22)9-19-16(23)15-12(17)3-2-4-13(15)21(24)25/h2-4,10-11H,5-9,18H2,1H3,(H,19,23). The molecular weight excluding hydrogens is 348 g/mol. The first-order valence-electron chi connectivity index (χ1n) is 8.05. The summed E-state index contributed by atoms with van der Waals surface area (Å²) >= 11 is 5.92. The molecule has 1 saturated heterocycles. The third-order valence-electron chi connectivity index (χ3n) is 4.39. The zero-order chi connectivity index (χ0) is 18.6. The number of amides is 2. The van der Waals surface area contributed by atoms with Crippen LogP contribution in [0.1, 0.15) is 30.1 Å². The number of nitrogens with zero attached hydrogens (tertiary/aromatic N) is 2. The van der Waals surface area contributed by atoms with Gasteiger partial charge in [0.25, 0.3) is 11.6 Å². The van der Waals surface area contributed by atoms with Crippen molar-refractivity contribution in [3.63, 3.8) is 0 Å². The van der Waals surface area contributed by atoms with Gasteiger partial charge >= 0.3 is 0 Å². The van der Waals surface area contributed by atoms with Crippen molar-refractivity contribution >= 4 is 29.1 Å². The van der Waals surface area contributed by atoms with E-state index in [9.17, 15) is 19.7 Å². The van der Waals surface area contributed by atoms with Crippen molar-refractivity contribution in [3.8, 4) is 0 Å². The molecule has 0 bridgehead atoms. The van der Waals surface area contributed by atoms with Crippen molar-refractivity contribution in [2.24, 2.45) is 11.7 Å². The maximum Gasteiger partial charge on any atom is 0.283 e. The number of nitro groups is 1. The van der Waals surface area contributed by atoms with Crippen LogP contribution in [-0.4, -0.2) is 47.3 Å². The van der Waals surface area contributed by atoms with Crippen LogP contribution in [0.15, 0.2) is 18.2 Å². The summed E-state index contributed by atoms with van der Waals surface area (Å²) in [4.78, 5) is 36.7. The quantitative estimate of drug-likeness (QED) is 0.604. The number of likely N-dealkylation sites (tertiary alicyclic amines) is 1. The molecule has 0 saturated carbocycles. The number of hydrogen-bond donors (Lipinski definition) is 2. The van der Waals surface area contributed by atoms with Gasteiger partial charge in [0.15, 0.2) is 0 Å². The summed E-state index contributed by atoms with van der Waals surface area (Å²) in [6.07, 6.45) is 1.71. The summed E-state index contributed by atoms with van der Waals surface area (Å²) in [5.74, 6) is -0.510. The number of nitrogens with one attached hydrogen (secondary N) is 1. The Hall–Kier alpha value is -2.19. The van der Waals surface area contributed by atoms with Crippen molar-refractivity contribution in [2.45, 2.75) is 25.8 Å². The van der Waals surface area contributed by atoms with Gasteiger partial charge in [0.05, 0.1) is 16.5 Å². The highest BCUT2D eigenvalue weighted by molar-refractivity contribution is 6.34. The van der Waals surface area contributed by atoms with Gasteiger partial charge in [0, 0.05) is 25.2 Å². The van der Waals surface area contributed by atoms with Crippen LogP contribution in [0.2, 0.25) is 5.02 Å². The van der Waals surface area contributed by atoms with Gasteiger partial charge in [0.2, 0.25) is 5.91 Å². The number of piperidine rings is 1. The topological polar surface area (TPSA) is 119 Å². The van der Waals surface area contributed by atoms with E-state index < -0.39 is 16.5 Å². The Bertz CT molecular complexity index is 682.